The molecule has 2 aliphatic rings. The molecule has 1 aliphatic heterocycles. The number of piperidine rings is 1. The molecule has 112 valence electrons. The number of likely N-dealkylation sites (N-methyl/N-ethyl adjacent to an activating group) is 1. The summed E-state index contributed by atoms with van der Waals surface area (Å²) in [5.41, 5.74) is 0. The van der Waals surface area contributed by atoms with Crippen molar-refractivity contribution in [3.8, 4) is 0 Å². The fraction of sp³-hybridized carbons (Fsp3) is 1.00. The molecule has 0 aromatic carbocycles. The highest BCUT2D eigenvalue weighted by atomic mass is 15.2. The van der Waals surface area contributed by atoms with E-state index < -0.39 is 0 Å². The average molecular weight is 266 g/mol. The van der Waals surface area contributed by atoms with Crippen molar-refractivity contribution >= 4 is 0 Å². The Morgan fingerprint density at radius 1 is 1.16 bits per heavy atom. The van der Waals surface area contributed by atoms with E-state index in [1.807, 2.05) is 0 Å². The number of hydrogen-bond donors (Lipinski definition) is 1. The molecule has 0 amide bonds. The van der Waals surface area contributed by atoms with Gasteiger partial charge in [0.2, 0.25) is 0 Å². The monoisotopic (exact) mass is 266 g/mol. The van der Waals surface area contributed by atoms with Gasteiger partial charge < -0.3 is 10.2 Å². The van der Waals surface area contributed by atoms with Crippen LogP contribution in [0.1, 0.15) is 59.3 Å². The normalized spacial score (nSPS) is 37.7. The van der Waals surface area contributed by atoms with Crippen molar-refractivity contribution < 1.29 is 0 Å². The summed E-state index contributed by atoms with van der Waals surface area (Å²) >= 11 is 0. The number of rotatable bonds is 4. The molecule has 19 heavy (non-hydrogen) atoms. The van der Waals surface area contributed by atoms with Crippen LogP contribution in [0.2, 0.25) is 0 Å². The molecule has 1 saturated carbocycles. The van der Waals surface area contributed by atoms with Crippen LogP contribution in [-0.2, 0) is 0 Å². The minimum absolute atomic E-state index is 0.763. The zero-order chi connectivity index (χ0) is 13.8. The molecule has 1 aliphatic carbocycles. The Kier molecular flexibility index (Phi) is 5.70. The van der Waals surface area contributed by atoms with Gasteiger partial charge in [-0.2, -0.15) is 0 Å². The summed E-state index contributed by atoms with van der Waals surface area (Å²) < 4.78 is 0. The van der Waals surface area contributed by atoms with Gasteiger partial charge in [-0.25, -0.2) is 0 Å². The molecule has 1 saturated heterocycles. The second-order valence-electron chi connectivity index (χ2n) is 7.47. The van der Waals surface area contributed by atoms with Gasteiger partial charge in [0, 0.05) is 18.6 Å². The molecule has 1 heterocycles. The predicted molar refractivity (Wildman–Crippen MR) is 83.4 cm³/mol. The standard InChI is InChI=1S/C17H34N2/c1-13(2)16-9-8-14(3)11-17(16)18-12-15-7-5-6-10-19(15)4/h13-18H,5-12H2,1-4H3. The van der Waals surface area contributed by atoms with Crippen molar-refractivity contribution in [2.75, 3.05) is 20.1 Å². The van der Waals surface area contributed by atoms with Crippen molar-refractivity contribution in [1.82, 2.24) is 10.2 Å². The topological polar surface area (TPSA) is 15.3 Å². The highest BCUT2D eigenvalue weighted by Gasteiger charge is 2.31. The van der Waals surface area contributed by atoms with Gasteiger partial charge in [0.1, 0.15) is 0 Å². The summed E-state index contributed by atoms with van der Waals surface area (Å²) in [5.74, 6) is 2.63. The molecule has 2 heteroatoms. The second kappa shape index (κ2) is 7.08. The maximum absolute atomic E-state index is 3.94. The molecule has 2 nitrogen and oxygen atoms in total. The molecule has 0 aromatic rings. The third-order valence-electron chi connectivity index (χ3n) is 5.56. The highest BCUT2D eigenvalue weighted by molar-refractivity contribution is 4.87. The summed E-state index contributed by atoms with van der Waals surface area (Å²) in [4.78, 5) is 2.56. The maximum atomic E-state index is 3.94. The molecule has 0 radical (unpaired) electrons. The summed E-state index contributed by atoms with van der Waals surface area (Å²) in [7, 11) is 2.30. The Bertz CT molecular complexity index is 264. The van der Waals surface area contributed by atoms with Gasteiger partial charge in [-0.1, -0.05) is 33.6 Å². The molecule has 2 rings (SSSR count). The van der Waals surface area contributed by atoms with Crippen LogP contribution in [0.5, 0.6) is 0 Å². The van der Waals surface area contributed by atoms with E-state index in [0.29, 0.717) is 0 Å². The van der Waals surface area contributed by atoms with E-state index in [9.17, 15) is 0 Å². The van der Waals surface area contributed by atoms with Crippen molar-refractivity contribution in [3.63, 3.8) is 0 Å². The zero-order valence-corrected chi connectivity index (χ0v) is 13.5. The van der Waals surface area contributed by atoms with Gasteiger partial charge in [-0.05, 0) is 57.0 Å². The highest BCUT2D eigenvalue weighted by Crippen LogP contribution is 2.33. The Labute approximate surface area is 120 Å². The first kappa shape index (κ1) is 15.3. The third kappa shape index (κ3) is 4.19. The summed E-state index contributed by atoms with van der Waals surface area (Å²) in [5, 5.41) is 3.94. The molecule has 1 N–H and O–H groups in total. The number of hydrogen-bond acceptors (Lipinski definition) is 2. The van der Waals surface area contributed by atoms with Crippen LogP contribution in [0.15, 0.2) is 0 Å². The van der Waals surface area contributed by atoms with Gasteiger partial charge in [0.05, 0.1) is 0 Å². The quantitative estimate of drug-likeness (QED) is 0.837. The van der Waals surface area contributed by atoms with Crippen LogP contribution in [0.25, 0.3) is 0 Å². The molecule has 0 aromatic heterocycles. The Morgan fingerprint density at radius 3 is 2.63 bits per heavy atom. The number of nitrogens with zero attached hydrogens (tertiary/aromatic N) is 1. The first-order valence-corrected chi connectivity index (χ1v) is 8.51. The third-order valence-corrected chi connectivity index (χ3v) is 5.56. The summed E-state index contributed by atoms with van der Waals surface area (Å²) in [6, 6.07) is 1.54. The molecule has 0 bridgehead atoms. The molecular formula is C17H34N2. The molecule has 4 unspecified atom stereocenters. The fourth-order valence-corrected chi connectivity index (χ4v) is 4.13. The van der Waals surface area contributed by atoms with Gasteiger partial charge in [0.15, 0.2) is 0 Å². The lowest BCUT2D eigenvalue weighted by Gasteiger charge is -2.40. The molecule has 2 fully saturated rings. The first-order valence-electron chi connectivity index (χ1n) is 8.51. The summed E-state index contributed by atoms with van der Waals surface area (Å²) in [6.45, 7) is 9.74. The van der Waals surface area contributed by atoms with Crippen LogP contribution in [0, 0.1) is 17.8 Å². The van der Waals surface area contributed by atoms with Crippen molar-refractivity contribution in [1.29, 1.82) is 0 Å². The van der Waals surface area contributed by atoms with Crippen LogP contribution < -0.4 is 5.32 Å². The Morgan fingerprint density at radius 2 is 1.95 bits per heavy atom. The van der Waals surface area contributed by atoms with Gasteiger partial charge >= 0.3 is 0 Å². The summed E-state index contributed by atoms with van der Waals surface area (Å²) in [6.07, 6.45) is 8.45. The largest absolute Gasteiger partial charge is 0.312 e. The fourth-order valence-electron chi connectivity index (χ4n) is 4.13. The minimum atomic E-state index is 0.763. The minimum Gasteiger partial charge on any atom is -0.312 e. The van der Waals surface area contributed by atoms with E-state index in [-0.39, 0.29) is 0 Å². The Hall–Kier alpha value is -0.0800. The lowest BCUT2D eigenvalue weighted by Crippen LogP contribution is -2.49. The van der Waals surface area contributed by atoms with Crippen LogP contribution in [-0.4, -0.2) is 37.1 Å². The van der Waals surface area contributed by atoms with Crippen molar-refractivity contribution in [2.45, 2.75) is 71.4 Å². The number of nitrogens with one attached hydrogen (secondary N) is 1. The first-order chi connectivity index (χ1) is 9.08. The van der Waals surface area contributed by atoms with Crippen LogP contribution in [0.4, 0.5) is 0 Å². The van der Waals surface area contributed by atoms with Gasteiger partial charge in [-0.15, -0.1) is 0 Å². The van der Waals surface area contributed by atoms with E-state index in [1.165, 1.54) is 51.6 Å². The lowest BCUT2D eigenvalue weighted by molar-refractivity contribution is 0.138. The molecule has 0 spiro atoms. The average Bonchev–Trinajstić information content (AvgIpc) is 2.37. The SMILES string of the molecule is CC1CCC(C(C)C)C(NCC2CCCCN2C)C1. The smallest absolute Gasteiger partial charge is 0.0217 e. The van der Waals surface area contributed by atoms with E-state index in [2.05, 4.69) is 38.0 Å². The second-order valence-corrected chi connectivity index (χ2v) is 7.47. The molecular weight excluding hydrogens is 232 g/mol. The molecule has 4 atom stereocenters. The number of likely N-dealkylation sites (tertiary alicyclic amines) is 1. The zero-order valence-electron chi connectivity index (χ0n) is 13.5. The van der Waals surface area contributed by atoms with E-state index >= 15 is 0 Å². The van der Waals surface area contributed by atoms with E-state index in [0.717, 1.165) is 29.8 Å². The van der Waals surface area contributed by atoms with Crippen LogP contribution >= 0.6 is 0 Å². The van der Waals surface area contributed by atoms with Crippen LogP contribution in [0.3, 0.4) is 0 Å². The Balaban J connectivity index is 1.84. The van der Waals surface area contributed by atoms with Gasteiger partial charge in [0.25, 0.3) is 0 Å². The van der Waals surface area contributed by atoms with Crippen molar-refractivity contribution in [2.24, 2.45) is 17.8 Å². The van der Waals surface area contributed by atoms with Gasteiger partial charge in [-0.3, -0.25) is 0 Å². The maximum Gasteiger partial charge on any atom is 0.0217 e. The lowest BCUT2D eigenvalue weighted by atomic mass is 9.74. The van der Waals surface area contributed by atoms with Crippen molar-refractivity contribution in [3.05, 3.63) is 0 Å². The van der Waals surface area contributed by atoms with E-state index in [4.69, 9.17) is 0 Å². The van der Waals surface area contributed by atoms with E-state index in [1.54, 1.807) is 0 Å². The predicted octanol–water partition coefficient (Wildman–Crippen LogP) is 3.52.